The van der Waals surface area contributed by atoms with Gasteiger partial charge < -0.3 is 15.0 Å². The molecule has 0 atom stereocenters. The van der Waals surface area contributed by atoms with Crippen LogP contribution >= 0.6 is 11.3 Å². The zero-order chi connectivity index (χ0) is 25.7. The third-order valence-electron chi connectivity index (χ3n) is 6.32. The fourth-order valence-electron chi connectivity index (χ4n) is 4.35. The van der Waals surface area contributed by atoms with Crippen LogP contribution in [-0.2, 0) is 4.79 Å². The quantitative estimate of drug-likeness (QED) is 0.564. The van der Waals surface area contributed by atoms with E-state index in [1.54, 1.807) is 0 Å². The molecule has 13 heteroatoms. The number of piperazine rings is 1. The number of hydrogen-bond acceptors (Lipinski definition) is 8. The zero-order valence-electron chi connectivity index (χ0n) is 19.9. The van der Waals surface area contributed by atoms with E-state index in [1.165, 1.54) is 29.9 Å². The van der Waals surface area contributed by atoms with E-state index in [9.17, 15) is 22.8 Å². The first kappa shape index (κ1) is 26.3. The summed E-state index contributed by atoms with van der Waals surface area (Å²) >= 11 is 1.30. The number of carbonyl (C=O) groups excluding carboxylic acids is 2. The highest BCUT2D eigenvalue weighted by Gasteiger charge is 2.33. The van der Waals surface area contributed by atoms with Gasteiger partial charge in [0, 0.05) is 37.7 Å². The summed E-state index contributed by atoms with van der Waals surface area (Å²) in [5.41, 5.74) is -0.187. The van der Waals surface area contributed by atoms with Crippen LogP contribution < -0.4 is 15.4 Å². The van der Waals surface area contributed by atoms with Gasteiger partial charge in [-0.2, -0.15) is 0 Å². The van der Waals surface area contributed by atoms with Crippen LogP contribution in [0.15, 0.2) is 18.2 Å². The van der Waals surface area contributed by atoms with Crippen molar-refractivity contribution in [3.05, 3.63) is 28.8 Å². The molecule has 1 aliphatic heterocycles. The first-order valence-electron chi connectivity index (χ1n) is 11.9. The molecular weight excluding hydrogens is 497 g/mol. The summed E-state index contributed by atoms with van der Waals surface area (Å²) in [5.74, 6) is -1.33. The second kappa shape index (κ2) is 11.5. The number of halogens is 3. The zero-order valence-corrected chi connectivity index (χ0v) is 20.8. The highest BCUT2D eigenvalue weighted by Crippen LogP contribution is 2.35. The average molecular weight is 527 g/mol. The average Bonchev–Trinajstić information content (AvgIpc) is 3.30. The van der Waals surface area contributed by atoms with E-state index in [1.807, 2.05) is 11.9 Å². The van der Waals surface area contributed by atoms with Crippen LogP contribution in [0.4, 0.5) is 24.0 Å². The van der Waals surface area contributed by atoms with Crippen molar-refractivity contribution in [2.75, 3.05) is 50.4 Å². The van der Waals surface area contributed by atoms with Gasteiger partial charge in [0.15, 0.2) is 5.75 Å². The molecule has 1 saturated heterocycles. The fourth-order valence-corrected chi connectivity index (χ4v) is 5.26. The maximum Gasteiger partial charge on any atom is 0.573 e. The molecule has 0 spiro atoms. The largest absolute Gasteiger partial charge is 0.573 e. The number of alkyl halides is 3. The first-order chi connectivity index (χ1) is 17.2. The lowest BCUT2D eigenvalue weighted by Gasteiger charge is -2.31. The van der Waals surface area contributed by atoms with E-state index in [4.69, 9.17) is 0 Å². The molecule has 2 heterocycles. The van der Waals surface area contributed by atoms with Crippen LogP contribution in [0.2, 0.25) is 0 Å². The molecule has 0 radical (unpaired) electrons. The standard InChI is InChI=1S/C23H29F3N6O3S/c1-31-9-11-32(12-10-31)14-19(33)27-17-13-16(7-8-18(17)35-23(24,25)26)20(34)28-22-30-29-21(36-22)15-5-3-2-4-6-15/h7-8,13,15H,2-6,9-12,14H2,1H3,(H,27,33)(H,28,30,34). The molecule has 1 aromatic heterocycles. The lowest BCUT2D eigenvalue weighted by molar-refractivity contribution is -0.274. The van der Waals surface area contributed by atoms with Crippen molar-refractivity contribution in [2.45, 2.75) is 44.4 Å². The molecule has 1 aromatic carbocycles. The topological polar surface area (TPSA) is 99.7 Å². The minimum atomic E-state index is -4.96. The summed E-state index contributed by atoms with van der Waals surface area (Å²) in [5, 5.41) is 14.6. The van der Waals surface area contributed by atoms with Gasteiger partial charge in [0.05, 0.1) is 12.2 Å². The summed E-state index contributed by atoms with van der Waals surface area (Å²) in [4.78, 5) is 29.4. The van der Waals surface area contributed by atoms with Crippen LogP contribution in [0.25, 0.3) is 0 Å². The minimum Gasteiger partial charge on any atom is -0.404 e. The van der Waals surface area contributed by atoms with Gasteiger partial charge in [0.25, 0.3) is 5.91 Å². The van der Waals surface area contributed by atoms with Crippen molar-refractivity contribution in [2.24, 2.45) is 0 Å². The summed E-state index contributed by atoms with van der Waals surface area (Å²) in [6.45, 7) is 2.94. The molecule has 36 heavy (non-hydrogen) atoms. The van der Waals surface area contributed by atoms with Gasteiger partial charge in [-0.25, -0.2) is 0 Å². The lowest BCUT2D eigenvalue weighted by atomic mass is 9.90. The summed E-state index contributed by atoms with van der Waals surface area (Å²) in [7, 11) is 1.98. The molecule has 0 bridgehead atoms. The van der Waals surface area contributed by atoms with Gasteiger partial charge in [-0.1, -0.05) is 30.6 Å². The fraction of sp³-hybridized carbons (Fsp3) is 0.565. The number of likely N-dealkylation sites (N-methyl/N-ethyl adjacent to an activating group) is 1. The first-order valence-corrected chi connectivity index (χ1v) is 12.7. The molecule has 2 N–H and O–H groups in total. The second-order valence-electron chi connectivity index (χ2n) is 9.12. The number of benzene rings is 1. The van der Waals surface area contributed by atoms with Crippen LogP contribution in [-0.4, -0.2) is 77.9 Å². The molecule has 4 rings (SSSR count). The molecule has 2 fully saturated rings. The number of amides is 2. The van der Waals surface area contributed by atoms with Gasteiger partial charge in [-0.05, 0) is 38.1 Å². The maximum atomic E-state index is 12.9. The third kappa shape index (κ3) is 7.37. The number of rotatable bonds is 7. The van der Waals surface area contributed by atoms with Crippen molar-refractivity contribution in [1.82, 2.24) is 20.0 Å². The van der Waals surface area contributed by atoms with E-state index in [0.717, 1.165) is 49.8 Å². The lowest BCUT2D eigenvalue weighted by Crippen LogP contribution is -2.47. The molecule has 196 valence electrons. The van der Waals surface area contributed by atoms with Gasteiger partial charge in [-0.3, -0.25) is 19.8 Å². The van der Waals surface area contributed by atoms with E-state index in [0.29, 0.717) is 24.1 Å². The minimum absolute atomic E-state index is 0.0183. The molecule has 2 aliphatic rings. The second-order valence-corrected chi connectivity index (χ2v) is 10.1. The maximum absolute atomic E-state index is 12.9. The van der Waals surface area contributed by atoms with Crippen molar-refractivity contribution in [3.63, 3.8) is 0 Å². The Morgan fingerprint density at radius 1 is 1.08 bits per heavy atom. The molecule has 1 saturated carbocycles. The Hall–Kier alpha value is -2.77. The Balaban J connectivity index is 1.45. The van der Waals surface area contributed by atoms with Crippen molar-refractivity contribution in [3.8, 4) is 5.75 Å². The van der Waals surface area contributed by atoms with Gasteiger partial charge in [-0.15, -0.1) is 23.4 Å². The molecular formula is C23H29F3N6O3S. The Morgan fingerprint density at radius 2 is 1.81 bits per heavy atom. The van der Waals surface area contributed by atoms with Crippen LogP contribution in [0.3, 0.4) is 0 Å². The monoisotopic (exact) mass is 526 g/mol. The van der Waals surface area contributed by atoms with Gasteiger partial charge >= 0.3 is 6.36 Å². The van der Waals surface area contributed by atoms with Gasteiger partial charge in [0.1, 0.15) is 5.01 Å². The predicted molar refractivity (Wildman–Crippen MR) is 129 cm³/mol. The van der Waals surface area contributed by atoms with Gasteiger partial charge in [0.2, 0.25) is 11.0 Å². The van der Waals surface area contributed by atoms with Crippen molar-refractivity contribution < 1.29 is 27.5 Å². The number of ether oxygens (including phenoxy) is 1. The number of nitrogens with zero attached hydrogens (tertiary/aromatic N) is 4. The van der Waals surface area contributed by atoms with E-state index in [2.05, 4.69) is 30.5 Å². The van der Waals surface area contributed by atoms with Crippen molar-refractivity contribution >= 4 is 34.0 Å². The van der Waals surface area contributed by atoms with Crippen molar-refractivity contribution in [1.29, 1.82) is 0 Å². The smallest absolute Gasteiger partial charge is 0.404 e. The summed E-state index contributed by atoms with van der Waals surface area (Å²) in [6, 6.07) is 3.39. The third-order valence-corrected chi connectivity index (χ3v) is 7.32. The molecule has 2 aromatic rings. The SMILES string of the molecule is CN1CCN(CC(=O)Nc2cc(C(=O)Nc3nnc(C4CCCCC4)s3)ccc2OC(F)(F)F)CC1. The number of carbonyl (C=O) groups is 2. The Morgan fingerprint density at radius 3 is 2.50 bits per heavy atom. The normalized spacial score (nSPS) is 18.1. The van der Waals surface area contributed by atoms with E-state index < -0.39 is 23.9 Å². The summed E-state index contributed by atoms with van der Waals surface area (Å²) < 4.78 is 42.9. The molecule has 2 amide bonds. The Labute approximate surface area is 211 Å². The summed E-state index contributed by atoms with van der Waals surface area (Å²) in [6.07, 6.45) is 0.619. The highest BCUT2D eigenvalue weighted by molar-refractivity contribution is 7.15. The van der Waals surface area contributed by atoms with Crippen LogP contribution in [0.1, 0.15) is 53.4 Å². The predicted octanol–water partition coefficient (Wildman–Crippen LogP) is 3.92. The highest BCUT2D eigenvalue weighted by atomic mass is 32.1. The van der Waals surface area contributed by atoms with E-state index in [-0.39, 0.29) is 17.8 Å². The molecule has 9 nitrogen and oxygen atoms in total. The van der Waals surface area contributed by atoms with Crippen LogP contribution in [0, 0.1) is 0 Å². The number of aromatic nitrogens is 2. The number of anilines is 2. The van der Waals surface area contributed by atoms with Crippen LogP contribution in [0.5, 0.6) is 5.75 Å². The number of nitrogens with one attached hydrogen (secondary N) is 2. The Kier molecular flexibility index (Phi) is 8.42. The molecule has 0 unspecified atom stereocenters. The Bertz CT molecular complexity index is 1070. The molecule has 1 aliphatic carbocycles. The van der Waals surface area contributed by atoms with E-state index >= 15 is 0 Å². The number of hydrogen-bond donors (Lipinski definition) is 2.